The van der Waals surface area contributed by atoms with Crippen molar-refractivity contribution in [3.8, 4) is 0 Å². The molecular formula is C38H54FN7O3. The van der Waals surface area contributed by atoms with Crippen LogP contribution >= 0.6 is 0 Å². The first kappa shape index (κ1) is 34.5. The summed E-state index contributed by atoms with van der Waals surface area (Å²) in [6, 6.07) is 10.3. The summed E-state index contributed by atoms with van der Waals surface area (Å²) < 4.78 is 21.4. The zero-order valence-corrected chi connectivity index (χ0v) is 30.1. The fourth-order valence-electron chi connectivity index (χ4n) is 8.38. The molecule has 0 unspecified atom stereocenters. The molecule has 3 fully saturated rings. The van der Waals surface area contributed by atoms with Crippen LogP contribution in [0.25, 0.3) is 5.65 Å². The Morgan fingerprint density at radius 1 is 1.12 bits per heavy atom. The fourth-order valence-corrected chi connectivity index (χ4v) is 8.38. The van der Waals surface area contributed by atoms with E-state index in [0.29, 0.717) is 44.1 Å². The number of rotatable bonds is 9. The second-order valence-corrected chi connectivity index (χ2v) is 16.4. The number of amides is 1. The van der Waals surface area contributed by atoms with Gasteiger partial charge in [0.25, 0.3) is 0 Å². The number of aliphatic hydroxyl groups is 1. The van der Waals surface area contributed by atoms with Crippen molar-refractivity contribution in [2.75, 3.05) is 70.5 Å². The number of hydrogen-bond acceptors (Lipinski definition) is 8. The number of carbonyl (C=O) groups excluding carboxylic acids is 1. The molecule has 3 atom stereocenters. The van der Waals surface area contributed by atoms with Gasteiger partial charge in [0.05, 0.1) is 48.5 Å². The smallest absolute Gasteiger partial charge is 0.241 e. The monoisotopic (exact) mass is 675 g/mol. The van der Waals surface area contributed by atoms with Crippen LogP contribution < -0.4 is 10.2 Å². The van der Waals surface area contributed by atoms with Crippen LogP contribution in [0.3, 0.4) is 0 Å². The van der Waals surface area contributed by atoms with Gasteiger partial charge < -0.3 is 24.5 Å². The first-order valence-corrected chi connectivity index (χ1v) is 18.1. The largest absolute Gasteiger partial charge is 0.390 e. The highest BCUT2D eigenvalue weighted by atomic mass is 19.1. The maximum atomic E-state index is 14.5. The number of aromatic nitrogens is 2. The molecule has 6 heterocycles. The van der Waals surface area contributed by atoms with Gasteiger partial charge >= 0.3 is 0 Å². The summed E-state index contributed by atoms with van der Waals surface area (Å²) in [4.78, 5) is 29.1. The van der Waals surface area contributed by atoms with Crippen molar-refractivity contribution in [1.82, 2.24) is 29.4 Å². The van der Waals surface area contributed by atoms with Crippen LogP contribution in [0.15, 0.2) is 36.5 Å². The van der Waals surface area contributed by atoms with E-state index in [1.165, 1.54) is 12.1 Å². The van der Waals surface area contributed by atoms with E-state index in [0.717, 1.165) is 86.3 Å². The topological polar surface area (TPSA) is 88.8 Å². The van der Waals surface area contributed by atoms with Gasteiger partial charge in [0.1, 0.15) is 11.5 Å². The summed E-state index contributed by atoms with van der Waals surface area (Å²) in [6.07, 6.45) is 2.99. The molecule has 3 aromatic rings. The van der Waals surface area contributed by atoms with Crippen LogP contribution in [-0.4, -0.2) is 130 Å². The number of imidazole rings is 1. The predicted molar refractivity (Wildman–Crippen MR) is 190 cm³/mol. The molecule has 2 N–H and O–H groups in total. The second-order valence-electron chi connectivity index (χ2n) is 16.4. The molecule has 0 radical (unpaired) electrons. The third kappa shape index (κ3) is 7.29. The van der Waals surface area contributed by atoms with Crippen molar-refractivity contribution in [1.29, 1.82) is 0 Å². The average Bonchev–Trinajstić information content (AvgIpc) is 3.52. The van der Waals surface area contributed by atoms with Crippen molar-refractivity contribution >= 4 is 17.2 Å². The number of piperazine rings is 2. The number of carbonyl (C=O) groups is 1. The van der Waals surface area contributed by atoms with Crippen molar-refractivity contribution in [3.05, 3.63) is 64.9 Å². The number of ether oxygens (including phenoxy) is 1. The Morgan fingerprint density at radius 2 is 1.88 bits per heavy atom. The van der Waals surface area contributed by atoms with Gasteiger partial charge in [-0.3, -0.25) is 19.5 Å². The molecule has 49 heavy (non-hydrogen) atoms. The highest BCUT2D eigenvalue weighted by Crippen LogP contribution is 2.43. The standard InChI is InChI=1S/C38H54FN7O3/c1-25-17-44(31(16-40-25)20-42-11-12-43(18-26(42)2)32-22-49-23-32)21-34(47)46-24-37(3,4)35-33(46)14-28(13-27-7-9-29(39)10-8-27)36-41-30(19-45(35)36)15-38(5,6)48/h7-10,14,19,25-26,31-32,40,48H,11-13,15-18,20-24H2,1-6H3/t25-,26-,31-/m1/s1. The van der Waals surface area contributed by atoms with Crippen LogP contribution in [-0.2, 0) is 27.8 Å². The number of pyridine rings is 1. The van der Waals surface area contributed by atoms with E-state index in [-0.39, 0.29) is 23.2 Å². The van der Waals surface area contributed by atoms with E-state index in [2.05, 4.69) is 58.2 Å². The maximum absolute atomic E-state index is 14.5. The molecule has 0 saturated carbocycles. The van der Waals surface area contributed by atoms with E-state index in [9.17, 15) is 14.3 Å². The third-order valence-electron chi connectivity index (χ3n) is 11.0. The Hall–Kier alpha value is -2.93. The summed E-state index contributed by atoms with van der Waals surface area (Å²) in [5, 5.41) is 14.3. The quantitative estimate of drug-likeness (QED) is 0.358. The molecule has 7 rings (SSSR count). The molecule has 2 aromatic heterocycles. The average molecular weight is 676 g/mol. The van der Waals surface area contributed by atoms with E-state index in [1.54, 1.807) is 26.0 Å². The Balaban J connectivity index is 1.16. The van der Waals surface area contributed by atoms with Gasteiger partial charge in [-0.15, -0.1) is 0 Å². The van der Waals surface area contributed by atoms with E-state index < -0.39 is 5.60 Å². The van der Waals surface area contributed by atoms with Crippen molar-refractivity contribution in [3.63, 3.8) is 0 Å². The minimum absolute atomic E-state index is 0.109. The molecule has 1 aromatic carbocycles. The molecule has 1 amide bonds. The van der Waals surface area contributed by atoms with Crippen molar-refractivity contribution in [2.45, 2.75) is 89.6 Å². The van der Waals surface area contributed by atoms with Gasteiger partial charge in [0.15, 0.2) is 0 Å². The number of nitrogens with zero attached hydrogens (tertiary/aromatic N) is 6. The van der Waals surface area contributed by atoms with Crippen LogP contribution in [0.2, 0.25) is 0 Å². The summed E-state index contributed by atoms with van der Waals surface area (Å²) in [7, 11) is 0. The number of anilines is 1. The Kier molecular flexibility index (Phi) is 9.38. The van der Waals surface area contributed by atoms with Crippen molar-refractivity contribution in [2.24, 2.45) is 0 Å². The highest BCUT2D eigenvalue weighted by molar-refractivity contribution is 5.98. The van der Waals surface area contributed by atoms with Crippen LogP contribution in [0.5, 0.6) is 0 Å². The van der Waals surface area contributed by atoms with Crippen LogP contribution in [0, 0.1) is 5.82 Å². The summed E-state index contributed by atoms with van der Waals surface area (Å²) >= 11 is 0. The summed E-state index contributed by atoms with van der Waals surface area (Å²) in [6.45, 7) is 20.9. The molecule has 0 spiro atoms. The maximum Gasteiger partial charge on any atom is 0.241 e. The zero-order chi connectivity index (χ0) is 34.7. The van der Waals surface area contributed by atoms with Crippen LogP contribution in [0.4, 0.5) is 10.1 Å². The third-order valence-corrected chi connectivity index (χ3v) is 11.0. The van der Waals surface area contributed by atoms with Gasteiger partial charge in [-0.1, -0.05) is 26.0 Å². The SMILES string of the molecule is C[C@@H]1CN(CC(=O)N2CC(C)(C)c3c2cc(Cc2ccc(F)cc2)c2nc(CC(C)(C)O)cn32)[C@@H](CN2CCN(C3COC3)C[C@H]2C)CN1. The van der Waals surface area contributed by atoms with E-state index in [1.807, 2.05) is 11.1 Å². The molecule has 0 aliphatic carbocycles. The lowest BCUT2D eigenvalue weighted by molar-refractivity contribution is -0.121. The van der Waals surface area contributed by atoms with Gasteiger partial charge in [0.2, 0.25) is 5.91 Å². The van der Waals surface area contributed by atoms with E-state index in [4.69, 9.17) is 9.72 Å². The number of hydrogen-bond donors (Lipinski definition) is 2. The zero-order valence-electron chi connectivity index (χ0n) is 30.1. The Labute approximate surface area is 290 Å². The van der Waals surface area contributed by atoms with Gasteiger partial charge in [-0.05, 0) is 51.5 Å². The van der Waals surface area contributed by atoms with E-state index >= 15 is 0 Å². The molecule has 0 bridgehead atoms. The lowest BCUT2D eigenvalue weighted by Crippen LogP contribution is -2.64. The molecule has 11 heteroatoms. The molecule has 10 nitrogen and oxygen atoms in total. The number of nitrogens with one attached hydrogen (secondary N) is 1. The highest BCUT2D eigenvalue weighted by Gasteiger charge is 2.42. The second kappa shape index (κ2) is 13.3. The molecule has 4 aliphatic rings. The number of benzene rings is 1. The Morgan fingerprint density at radius 3 is 2.55 bits per heavy atom. The van der Waals surface area contributed by atoms with Gasteiger partial charge in [-0.25, -0.2) is 9.37 Å². The number of halogens is 1. The van der Waals surface area contributed by atoms with Crippen LogP contribution in [0.1, 0.15) is 64.1 Å². The first-order valence-electron chi connectivity index (χ1n) is 18.1. The first-order chi connectivity index (χ1) is 23.2. The molecule has 4 aliphatic heterocycles. The lowest BCUT2D eigenvalue weighted by Gasteiger charge is -2.48. The lowest BCUT2D eigenvalue weighted by atomic mass is 9.90. The molecule has 266 valence electrons. The fraction of sp³-hybridized carbons (Fsp3) is 0.632. The minimum Gasteiger partial charge on any atom is -0.390 e. The predicted octanol–water partition coefficient (Wildman–Crippen LogP) is 3.07. The summed E-state index contributed by atoms with van der Waals surface area (Å²) in [5.74, 6) is -0.159. The van der Waals surface area contributed by atoms with Gasteiger partial charge in [-0.2, -0.15) is 0 Å². The molecule has 3 saturated heterocycles. The normalized spacial score (nSPS) is 25.6. The van der Waals surface area contributed by atoms with Gasteiger partial charge in [0, 0.05) is 94.0 Å². The minimum atomic E-state index is -0.913. The van der Waals surface area contributed by atoms with Crippen molar-refractivity contribution < 1.29 is 19.0 Å². The molecular weight excluding hydrogens is 621 g/mol. The Bertz CT molecular complexity index is 1660. The summed E-state index contributed by atoms with van der Waals surface area (Å²) in [5.41, 5.74) is 4.30. The number of fused-ring (bicyclic) bond motifs is 3.